The molecule has 0 saturated heterocycles. The zero-order chi connectivity index (χ0) is 11.9. The summed E-state index contributed by atoms with van der Waals surface area (Å²) in [5.74, 6) is -0.815. The zero-order valence-electron chi connectivity index (χ0n) is 7.02. The van der Waals surface area contributed by atoms with Crippen molar-refractivity contribution in [2.24, 2.45) is 0 Å². The fourth-order valence-electron chi connectivity index (χ4n) is 0.862. The Balaban J connectivity index is 0.00000225. The molecule has 0 aliphatic heterocycles. The number of hydrogen-bond acceptors (Lipinski definition) is 5. The van der Waals surface area contributed by atoms with E-state index in [0.29, 0.717) is 6.07 Å². The van der Waals surface area contributed by atoms with Crippen LogP contribution in [-0.4, -0.2) is 49.9 Å². The molecule has 1 aromatic rings. The average molecular weight is 262 g/mol. The molecular weight excluding hydrogens is 255 g/mol. The molecule has 0 unspecified atom stereocenters. The van der Waals surface area contributed by atoms with Crippen LogP contribution in [0.1, 0.15) is 0 Å². The average Bonchev–Trinajstić information content (AvgIpc) is 2.00. The molecule has 0 saturated carbocycles. The van der Waals surface area contributed by atoms with Crippen LogP contribution in [0.15, 0.2) is 28.0 Å². The normalized spacial score (nSPS) is 11.9. The Labute approximate surface area is 104 Å². The maximum absolute atomic E-state index is 10.7. The maximum atomic E-state index is 10.7. The van der Waals surface area contributed by atoms with Gasteiger partial charge in [0, 0.05) is 0 Å². The van der Waals surface area contributed by atoms with Crippen LogP contribution in [0.4, 0.5) is 0 Å². The van der Waals surface area contributed by atoms with Crippen LogP contribution in [0, 0.1) is 0 Å². The van der Waals surface area contributed by atoms with Crippen molar-refractivity contribution < 1.29 is 31.0 Å². The van der Waals surface area contributed by atoms with Crippen molar-refractivity contribution in [3.05, 3.63) is 18.2 Å². The van der Waals surface area contributed by atoms with Gasteiger partial charge >= 0.3 is 18.9 Å². The van der Waals surface area contributed by atoms with Gasteiger partial charge in [0.15, 0.2) is 0 Å². The number of hydrogen-bond donors (Lipinski definition) is 3. The molecule has 1 rings (SSSR count). The van der Waals surface area contributed by atoms with Crippen molar-refractivity contribution in [1.29, 1.82) is 0 Å². The predicted molar refractivity (Wildman–Crippen MR) is 54.9 cm³/mol. The molecule has 0 aliphatic rings. The summed E-state index contributed by atoms with van der Waals surface area (Å²) in [5.41, 5.74) is 0. The number of phenols is 1. The number of aromatic hydroxyl groups is 1. The molecule has 0 heterocycles. The Morgan fingerprint density at radius 3 is 1.81 bits per heavy atom. The topological polar surface area (TPSA) is 129 Å². The van der Waals surface area contributed by atoms with Gasteiger partial charge in [-0.25, -0.2) is 0 Å². The van der Waals surface area contributed by atoms with Gasteiger partial charge in [0.1, 0.15) is 10.6 Å². The molecule has 0 radical (unpaired) electrons. The standard InChI is InChI=1S/C6H6O7S2.Li.H/c7-5-2-1-4(14(8,9)10)3-6(5)15(11,12)13;;/h1-3,7H,(H,8,9,10)(H,11,12,13);;. The Bertz CT molecular complexity index is 589. The first-order chi connectivity index (χ1) is 6.62. The van der Waals surface area contributed by atoms with Gasteiger partial charge in [-0.05, 0) is 18.2 Å². The monoisotopic (exact) mass is 262 g/mol. The molecule has 0 amide bonds. The molecule has 3 N–H and O–H groups in total. The molecule has 0 aliphatic carbocycles. The summed E-state index contributed by atoms with van der Waals surface area (Å²) in [5, 5.41) is 9.02. The summed E-state index contributed by atoms with van der Waals surface area (Å²) < 4.78 is 59.7. The minimum atomic E-state index is -4.74. The molecule has 0 fully saturated rings. The minimum absolute atomic E-state index is 0. The van der Waals surface area contributed by atoms with Gasteiger partial charge in [0.05, 0.1) is 4.90 Å². The zero-order valence-corrected chi connectivity index (χ0v) is 8.66. The number of rotatable bonds is 2. The molecule has 0 bridgehead atoms. The summed E-state index contributed by atoms with van der Waals surface area (Å²) in [6, 6.07) is 1.96. The van der Waals surface area contributed by atoms with Gasteiger partial charge < -0.3 is 5.11 Å². The van der Waals surface area contributed by atoms with Crippen LogP contribution in [-0.2, 0) is 20.2 Å². The van der Waals surface area contributed by atoms with Crippen molar-refractivity contribution in [2.75, 3.05) is 0 Å². The van der Waals surface area contributed by atoms with E-state index in [9.17, 15) is 16.8 Å². The molecule has 0 atom stereocenters. The van der Waals surface area contributed by atoms with E-state index in [1.807, 2.05) is 0 Å². The van der Waals surface area contributed by atoms with Crippen LogP contribution in [0.3, 0.4) is 0 Å². The summed E-state index contributed by atoms with van der Waals surface area (Å²) >= 11 is 0. The van der Waals surface area contributed by atoms with E-state index in [1.165, 1.54) is 0 Å². The molecular formula is C6H7LiO7S2. The van der Waals surface area contributed by atoms with Gasteiger partial charge in [-0.1, -0.05) is 0 Å². The quantitative estimate of drug-likeness (QED) is 0.471. The van der Waals surface area contributed by atoms with Gasteiger partial charge in [-0.2, -0.15) is 16.8 Å². The van der Waals surface area contributed by atoms with E-state index in [4.69, 9.17) is 14.2 Å². The van der Waals surface area contributed by atoms with E-state index >= 15 is 0 Å². The first-order valence-corrected chi connectivity index (χ1v) is 6.28. The Morgan fingerprint density at radius 2 is 1.44 bits per heavy atom. The van der Waals surface area contributed by atoms with E-state index in [-0.39, 0.29) is 18.9 Å². The molecule has 16 heavy (non-hydrogen) atoms. The third kappa shape index (κ3) is 3.48. The summed E-state index contributed by atoms with van der Waals surface area (Å²) in [4.78, 5) is -1.73. The van der Waals surface area contributed by atoms with E-state index in [0.717, 1.165) is 12.1 Å². The van der Waals surface area contributed by atoms with Crippen LogP contribution >= 0.6 is 0 Å². The van der Waals surface area contributed by atoms with Crippen LogP contribution in [0.5, 0.6) is 5.75 Å². The van der Waals surface area contributed by atoms with Crippen LogP contribution < -0.4 is 0 Å². The fourth-order valence-corrected chi connectivity index (χ4v) is 2.05. The van der Waals surface area contributed by atoms with Crippen molar-refractivity contribution in [3.63, 3.8) is 0 Å². The first kappa shape index (κ1) is 15.4. The number of phenolic OH excluding ortho intramolecular Hbond substituents is 1. The summed E-state index contributed by atoms with van der Waals surface area (Å²) in [6.45, 7) is 0. The summed E-state index contributed by atoms with van der Waals surface area (Å²) in [7, 11) is -9.33. The molecule has 7 nitrogen and oxygen atoms in total. The van der Waals surface area contributed by atoms with Gasteiger partial charge in [-0.15, -0.1) is 0 Å². The van der Waals surface area contributed by atoms with Gasteiger partial charge in [0.25, 0.3) is 20.2 Å². The van der Waals surface area contributed by atoms with E-state index in [2.05, 4.69) is 0 Å². The first-order valence-electron chi connectivity index (χ1n) is 3.40. The van der Waals surface area contributed by atoms with Crippen LogP contribution in [0.25, 0.3) is 0 Å². The van der Waals surface area contributed by atoms with Crippen LogP contribution in [0.2, 0.25) is 0 Å². The summed E-state index contributed by atoms with van der Waals surface area (Å²) in [6.07, 6.45) is 0. The molecule has 10 heteroatoms. The Kier molecular flexibility index (Phi) is 4.58. The molecule has 0 spiro atoms. The number of benzene rings is 1. The SMILES string of the molecule is O=S(=O)(O)c1ccc(O)c(S(=O)(=O)O)c1.[LiH]. The molecule has 86 valence electrons. The van der Waals surface area contributed by atoms with E-state index in [1.54, 1.807) is 0 Å². The Hall–Kier alpha value is -0.563. The Morgan fingerprint density at radius 1 is 0.938 bits per heavy atom. The van der Waals surface area contributed by atoms with Crippen molar-refractivity contribution in [1.82, 2.24) is 0 Å². The fraction of sp³-hybridized carbons (Fsp3) is 0. The third-order valence-electron chi connectivity index (χ3n) is 1.51. The molecule has 0 aromatic heterocycles. The second-order valence-electron chi connectivity index (χ2n) is 2.58. The van der Waals surface area contributed by atoms with Crippen molar-refractivity contribution >= 4 is 39.1 Å². The van der Waals surface area contributed by atoms with Crippen molar-refractivity contribution in [3.8, 4) is 5.75 Å². The van der Waals surface area contributed by atoms with Gasteiger partial charge in [-0.3, -0.25) is 9.11 Å². The van der Waals surface area contributed by atoms with E-state index < -0.39 is 35.8 Å². The van der Waals surface area contributed by atoms with Gasteiger partial charge in [0.2, 0.25) is 0 Å². The second-order valence-corrected chi connectivity index (χ2v) is 5.39. The second kappa shape index (κ2) is 4.75. The van der Waals surface area contributed by atoms with Crippen molar-refractivity contribution in [2.45, 2.75) is 9.79 Å². The predicted octanol–water partition coefficient (Wildman–Crippen LogP) is -0.763. The third-order valence-corrected chi connectivity index (χ3v) is 3.24. The molecule has 1 aromatic carbocycles.